The van der Waals surface area contributed by atoms with Crippen molar-refractivity contribution in [2.75, 3.05) is 31.7 Å². The van der Waals surface area contributed by atoms with Gasteiger partial charge in [0.2, 0.25) is 0 Å². The van der Waals surface area contributed by atoms with Gasteiger partial charge in [-0.15, -0.1) is 0 Å². The molecule has 0 atom stereocenters. The summed E-state index contributed by atoms with van der Waals surface area (Å²) < 4.78 is 18.0. The Kier molecular flexibility index (Phi) is 5.09. The molecule has 5 nitrogen and oxygen atoms in total. The highest BCUT2D eigenvalue weighted by Gasteiger charge is 2.26. The number of hydrogen-bond acceptors (Lipinski definition) is 3. The lowest BCUT2D eigenvalue weighted by Crippen LogP contribution is -2.30. The van der Waals surface area contributed by atoms with Crippen molar-refractivity contribution in [2.24, 2.45) is 0 Å². The number of fused-ring (bicyclic) bond motifs is 1. The molecule has 25 heavy (non-hydrogen) atoms. The van der Waals surface area contributed by atoms with Crippen molar-refractivity contribution in [2.45, 2.75) is 6.42 Å². The first kappa shape index (κ1) is 17.1. The van der Waals surface area contributed by atoms with Crippen molar-refractivity contribution in [1.82, 2.24) is 5.32 Å². The molecule has 2 aromatic carbocycles. The molecule has 0 bridgehead atoms. The molecule has 0 aromatic heterocycles. The van der Waals surface area contributed by atoms with Crippen molar-refractivity contribution in [3.8, 4) is 0 Å². The Morgan fingerprint density at radius 3 is 2.60 bits per heavy atom. The van der Waals surface area contributed by atoms with Crippen LogP contribution in [0.3, 0.4) is 0 Å². The number of halogens is 1. The van der Waals surface area contributed by atoms with E-state index in [0.717, 1.165) is 17.7 Å². The Morgan fingerprint density at radius 2 is 1.88 bits per heavy atom. The van der Waals surface area contributed by atoms with Crippen molar-refractivity contribution >= 4 is 17.5 Å². The number of anilines is 1. The SMILES string of the molecule is COCCNC(=O)c1ccc2c(c1)N(C(=O)c1ccc(F)cc1)CC2. The molecule has 0 fully saturated rings. The maximum Gasteiger partial charge on any atom is 0.258 e. The zero-order chi connectivity index (χ0) is 17.8. The van der Waals surface area contributed by atoms with Crippen LogP contribution in [0.2, 0.25) is 0 Å². The van der Waals surface area contributed by atoms with E-state index in [2.05, 4.69) is 5.32 Å². The van der Waals surface area contributed by atoms with Crippen LogP contribution < -0.4 is 10.2 Å². The van der Waals surface area contributed by atoms with Gasteiger partial charge in [0.25, 0.3) is 11.8 Å². The normalized spacial score (nSPS) is 12.8. The smallest absolute Gasteiger partial charge is 0.258 e. The molecule has 2 amide bonds. The first-order chi connectivity index (χ1) is 12.1. The summed E-state index contributed by atoms with van der Waals surface area (Å²) >= 11 is 0. The van der Waals surface area contributed by atoms with Crippen LogP contribution in [0.25, 0.3) is 0 Å². The monoisotopic (exact) mass is 342 g/mol. The lowest BCUT2D eigenvalue weighted by atomic mass is 10.1. The molecule has 130 valence electrons. The van der Waals surface area contributed by atoms with Crippen LogP contribution in [0.5, 0.6) is 0 Å². The van der Waals surface area contributed by atoms with Crippen LogP contribution in [0.4, 0.5) is 10.1 Å². The highest BCUT2D eigenvalue weighted by Crippen LogP contribution is 2.30. The van der Waals surface area contributed by atoms with Gasteiger partial charge in [0, 0.05) is 37.0 Å². The summed E-state index contributed by atoms with van der Waals surface area (Å²) in [5.74, 6) is -0.787. The highest BCUT2D eigenvalue weighted by atomic mass is 19.1. The second-order valence-corrected chi connectivity index (χ2v) is 5.81. The molecular weight excluding hydrogens is 323 g/mol. The largest absolute Gasteiger partial charge is 0.383 e. The second kappa shape index (κ2) is 7.44. The zero-order valence-electron chi connectivity index (χ0n) is 13.9. The van der Waals surface area contributed by atoms with Gasteiger partial charge in [0.1, 0.15) is 5.82 Å². The summed E-state index contributed by atoms with van der Waals surface area (Å²) in [5, 5.41) is 2.76. The fraction of sp³-hybridized carbons (Fsp3) is 0.263. The van der Waals surface area contributed by atoms with Gasteiger partial charge in [-0.1, -0.05) is 6.07 Å². The molecule has 0 radical (unpaired) electrons. The van der Waals surface area contributed by atoms with E-state index in [1.807, 2.05) is 6.07 Å². The molecule has 6 heteroatoms. The number of benzene rings is 2. The van der Waals surface area contributed by atoms with E-state index in [1.54, 1.807) is 24.1 Å². The molecule has 0 saturated carbocycles. The summed E-state index contributed by atoms with van der Waals surface area (Å²) in [5.41, 5.74) is 2.66. The Balaban J connectivity index is 1.81. The Hall–Kier alpha value is -2.73. The number of carbonyl (C=O) groups excluding carboxylic acids is 2. The molecule has 3 rings (SSSR count). The maximum absolute atomic E-state index is 13.1. The van der Waals surface area contributed by atoms with Crippen molar-refractivity contribution in [3.63, 3.8) is 0 Å². The molecule has 2 aromatic rings. The summed E-state index contributed by atoms with van der Waals surface area (Å²) in [6, 6.07) is 10.8. The molecule has 1 aliphatic rings. The summed E-state index contributed by atoms with van der Waals surface area (Å²) in [6.07, 6.45) is 0.730. The molecule has 0 unspecified atom stereocenters. The van der Waals surface area contributed by atoms with Gasteiger partial charge >= 0.3 is 0 Å². The highest BCUT2D eigenvalue weighted by molar-refractivity contribution is 6.08. The third-order valence-corrected chi connectivity index (χ3v) is 4.17. The summed E-state index contributed by atoms with van der Waals surface area (Å²) in [4.78, 5) is 26.5. The van der Waals surface area contributed by atoms with E-state index in [-0.39, 0.29) is 17.6 Å². The van der Waals surface area contributed by atoms with E-state index in [1.165, 1.54) is 24.3 Å². The van der Waals surface area contributed by atoms with Gasteiger partial charge in [0.05, 0.1) is 6.61 Å². The van der Waals surface area contributed by atoms with Gasteiger partial charge in [-0.25, -0.2) is 4.39 Å². The van der Waals surface area contributed by atoms with Crippen LogP contribution in [0, 0.1) is 5.82 Å². The van der Waals surface area contributed by atoms with E-state index in [4.69, 9.17) is 4.74 Å². The van der Waals surface area contributed by atoms with Crippen LogP contribution in [0.15, 0.2) is 42.5 Å². The van der Waals surface area contributed by atoms with Crippen molar-refractivity contribution in [1.29, 1.82) is 0 Å². The van der Waals surface area contributed by atoms with Crippen LogP contribution in [-0.4, -0.2) is 38.6 Å². The predicted molar refractivity (Wildman–Crippen MR) is 92.4 cm³/mol. The second-order valence-electron chi connectivity index (χ2n) is 5.81. The van der Waals surface area contributed by atoms with Crippen molar-refractivity contribution in [3.05, 3.63) is 65.0 Å². The number of nitrogens with zero attached hydrogens (tertiary/aromatic N) is 1. The minimum absolute atomic E-state index is 0.198. The molecule has 1 aliphatic heterocycles. The van der Waals surface area contributed by atoms with Crippen LogP contribution >= 0.6 is 0 Å². The van der Waals surface area contributed by atoms with Gasteiger partial charge in [-0.3, -0.25) is 9.59 Å². The number of methoxy groups -OCH3 is 1. The Bertz CT molecular complexity index is 790. The maximum atomic E-state index is 13.1. The van der Waals surface area contributed by atoms with Gasteiger partial charge in [-0.05, 0) is 48.4 Å². The third kappa shape index (κ3) is 3.69. The van der Waals surface area contributed by atoms with E-state index in [9.17, 15) is 14.0 Å². The van der Waals surface area contributed by atoms with E-state index >= 15 is 0 Å². The minimum atomic E-state index is -0.381. The summed E-state index contributed by atoms with van der Waals surface area (Å²) in [7, 11) is 1.57. The Labute approximate surface area is 145 Å². The minimum Gasteiger partial charge on any atom is -0.383 e. The molecule has 1 N–H and O–H groups in total. The standard InChI is InChI=1S/C19H19FN2O3/c1-25-11-9-21-18(23)15-3-2-13-8-10-22(17(13)12-15)19(24)14-4-6-16(20)7-5-14/h2-7,12H,8-11H2,1H3,(H,21,23). The van der Waals surface area contributed by atoms with Crippen molar-refractivity contribution < 1.29 is 18.7 Å². The van der Waals surface area contributed by atoms with Gasteiger partial charge < -0.3 is 15.0 Å². The predicted octanol–water partition coefficient (Wildman–Crippen LogP) is 2.40. The van der Waals surface area contributed by atoms with E-state index < -0.39 is 0 Å². The summed E-state index contributed by atoms with van der Waals surface area (Å²) in [6.45, 7) is 1.40. The number of carbonyl (C=O) groups is 2. The lowest BCUT2D eigenvalue weighted by Gasteiger charge is -2.18. The zero-order valence-corrected chi connectivity index (χ0v) is 13.9. The van der Waals surface area contributed by atoms with E-state index in [0.29, 0.717) is 30.8 Å². The van der Waals surface area contributed by atoms with Crippen LogP contribution in [-0.2, 0) is 11.2 Å². The lowest BCUT2D eigenvalue weighted by molar-refractivity contribution is 0.0935. The number of ether oxygens (including phenoxy) is 1. The quantitative estimate of drug-likeness (QED) is 0.849. The third-order valence-electron chi connectivity index (χ3n) is 4.17. The number of hydrogen-bond donors (Lipinski definition) is 1. The first-order valence-corrected chi connectivity index (χ1v) is 8.07. The fourth-order valence-corrected chi connectivity index (χ4v) is 2.85. The average Bonchev–Trinajstić information content (AvgIpc) is 3.05. The molecule has 0 aliphatic carbocycles. The van der Waals surface area contributed by atoms with Crippen LogP contribution in [0.1, 0.15) is 26.3 Å². The topological polar surface area (TPSA) is 58.6 Å². The van der Waals surface area contributed by atoms with Gasteiger partial charge in [-0.2, -0.15) is 0 Å². The van der Waals surface area contributed by atoms with Gasteiger partial charge in [0.15, 0.2) is 0 Å². The number of rotatable bonds is 5. The Morgan fingerprint density at radius 1 is 1.16 bits per heavy atom. The average molecular weight is 342 g/mol. The number of nitrogens with one attached hydrogen (secondary N) is 1. The molecular formula is C19H19FN2O3. The fourth-order valence-electron chi connectivity index (χ4n) is 2.85. The molecule has 1 heterocycles. The first-order valence-electron chi connectivity index (χ1n) is 8.07. The molecule has 0 saturated heterocycles. The molecule has 0 spiro atoms. The number of amides is 2.